The maximum absolute atomic E-state index is 12.6. The summed E-state index contributed by atoms with van der Waals surface area (Å²) in [4.78, 5) is 25.7. The van der Waals surface area contributed by atoms with E-state index in [1.807, 2.05) is 12.1 Å². The van der Waals surface area contributed by atoms with Crippen molar-refractivity contribution in [1.29, 1.82) is 5.26 Å². The van der Waals surface area contributed by atoms with Crippen LogP contribution in [0.15, 0.2) is 48.5 Å². The second-order valence-corrected chi connectivity index (χ2v) is 5.57. The lowest BCUT2D eigenvalue weighted by Crippen LogP contribution is -2.39. The smallest absolute Gasteiger partial charge is 0.326 e. The lowest BCUT2D eigenvalue weighted by Gasteiger charge is -2.22. The number of anilines is 1. The Kier molecular flexibility index (Phi) is 7.01. The quantitative estimate of drug-likeness (QED) is 0.697. The average molecular weight is 373 g/mol. The van der Waals surface area contributed by atoms with E-state index in [2.05, 4.69) is 0 Å². The summed E-state index contributed by atoms with van der Waals surface area (Å²) in [5.41, 5.74) is 0.946. The van der Waals surface area contributed by atoms with E-state index in [1.165, 1.54) is 17.0 Å². The number of halogens is 1. The van der Waals surface area contributed by atoms with Gasteiger partial charge in [0.1, 0.15) is 12.3 Å². The second-order valence-electron chi connectivity index (χ2n) is 5.17. The molecule has 0 fully saturated rings. The molecule has 26 heavy (non-hydrogen) atoms. The molecular formula is C19H17ClN2O4. The summed E-state index contributed by atoms with van der Waals surface area (Å²) < 4.78 is 10.4. The summed E-state index contributed by atoms with van der Waals surface area (Å²) in [6, 6.07) is 15.2. The Balaban J connectivity index is 2.11. The Hall–Kier alpha value is -3.04. The van der Waals surface area contributed by atoms with Crippen LogP contribution in [0.3, 0.4) is 0 Å². The van der Waals surface area contributed by atoms with Crippen molar-refractivity contribution < 1.29 is 19.1 Å². The van der Waals surface area contributed by atoms with Crippen molar-refractivity contribution in [3.8, 4) is 11.8 Å². The number of carbonyl (C=O) groups is 2. The molecule has 2 rings (SSSR count). The molecule has 0 heterocycles. The Bertz CT molecular complexity index is 818. The molecule has 0 unspecified atom stereocenters. The minimum Gasteiger partial charge on any atom is -0.482 e. The number of para-hydroxylation sites is 1. The first-order valence-electron chi connectivity index (χ1n) is 7.88. The van der Waals surface area contributed by atoms with Gasteiger partial charge in [-0.15, -0.1) is 0 Å². The van der Waals surface area contributed by atoms with Crippen molar-refractivity contribution in [3.05, 3.63) is 59.1 Å². The molecule has 0 radical (unpaired) electrons. The highest BCUT2D eigenvalue weighted by molar-refractivity contribution is 6.32. The highest BCUT2D eigenvalue weighted by atomic mass is 35.5. The van der Waals surface area contributed by atoms with E-state index < -0.39 is 11.9 Å². The van der Waals surface area contributed by atoms with Gasteiger partial charge in [-0.2, -0.15) is 5.26 Å². The lowest BCUT2D eigenvalue weighted by molar-refractivity contribution is -0.142. The van der Waals surface area contributed by atoms with Crippen LogP contribution in [-0.2, 0) is 14.3 Å². The normalized spacial score (nSPS) is 9.88. The third kappa shape index (κ3) is 5.23. The average Bonchev–Trinajstić information content (AvgIpc) is 2.65. The zero-order chi connectivity index (χ0) is 18.9. The fourth-order valence-corrected chi connectivity index (χ4v) is 2.41. The highest BCUT2D eigenvalue weighted by Crippen LogP contribution is 2.25. The van der Waals surface area contributed by atoms with Crippen LogP contribution in [0.5, 0.6) is 5.75 Å². The first-order chi connectivity index (χ1) is 12.5. The van der Waals surface area contributed by atoms with Gasteiger partial charge in [-0.05, 0) is 37.3 Å². The van der Waals surface area contributed by atoms with Crippen LogP contribution >= 0.6 is 11.6 Å². The number of carbonyl (C=O) groups excluding carboxylic acids is 2. The standard InChI is InChI=1S/C19H17ClN2O4/c1-2-25-19(24)12-22(15-6-4-3-5-7-15)18(23)13-26-17-9-8-14(11-21)10-16(17)20/h3-10H,2,12-13H2,1H3. The topological polar surface area (TPSA) is 79.6 Å². The molecule has 6 nitrogen and oxygen atoms in total. The van der Waals surface area contributed by atoms with Crippen LogP contribution in [0.4, 0.5) is 5.69 Å². The predicted molar refractivity (Wildman–Crippen MR) is 97.1 cm³/mol. The molecule has 0 spiro atoms. The van der Waals surface area contributed by atoms with E-state index in [9.17, 15) is 9.59 Å². The van der Waals surface area contributed by atoms with E-state index in [-0.39, 0.29) is 30.5 Å². The molecule has 0 aliphatic heterocycles. The highest BCUT2D eigenvalue weighted by Gasteiger charge is 2.20. The maximum atomic E-state index is 12.6. The fraction of sp³-hybridized carbons (Fsp3) is 0.211. The molecule has 0 saturated heterocycles. The summed E-state index contributed by atoms with van der Waals surface area (Å²) in [7, 11) is 0. The van der Waals surface area contributed by atoms with E-state index in [4.69, 9.17) is 26.3 Å². The van der Waals surface area contributed by atoms with Crippen LogP contribution in [-0.4, -0.2) is 31.6 Å². The number of ether oxygens (including phenoxy) is 2. The van der Waals surface area contributed by atoms with Gasteiger partial charge in [0, 0.05) is 5.69 Å². The van der Waals surface area contributed by atoms with Gasteiger partial charge >= 0.3 is 5.97 Å². The van der Waals surface area contributed by atoms with Crippen molar-refractivity contribution in [2.45, 2.75) is 6.92 Å². The van der Waals surface area contributed by atoms with Gasteiger partial charge in [0.2, 0.25) is 0 Å². The molecule has 0 N–H and O–H groups in total. The zero-order valence-electron chi connectivity index (χ0n) is 14.1. The minimum absolute atomic E-state index is 0.221. The van der Waals surface area contributed by atoms with Crippen molar-refractivity contribution in [1.82, 2.24) is 0 Å². The van der Waals surface area contributed by atoms with E-state index >= 15 is 0 Å². The molecule has 0 bridgehead atoms. The lowest BCUT2D eigenvalue weighted by atomic mass is 10.2. The van der Waals surface area contributed by atoms with Crippen LogP contribution < -0.4 is 9.64 Å². The largest absolute Gasteiger partial charge is 0.482 e. The first-order valence-corrected chi connectivity index (χ1v) is 8.26. The summed E-state index contributed by atoms with van der Waals surface area (Å²) in [5, 5.41) is 9.07. The van der Waals surface area contributed by atoms with Gasteiger partial charge in [0.25, 0.3) is 5.91 Å². The molecule has 0 saturated carbocycles. The Labute approximate surface area is 156 Å². The molecule has 0 aliphatic carbocycles. The Morgan fingerprint density at radius 3 is 2.54 bits per heavy atom. The second kappa shape index (κ2) is 9.44. The molecule has 2 aromatic rings. The molecule has 0 aromatic heterocycles. The van der Waals surface area contributed by atoms with Gasteiger partial charge in [0.15, 0.2) is 6.61 Å². The third-order valence-corrected chi connectivity index (χ3v) is 3.67. The molecule has 1 amide bonds. The molecule has 134 valence electrons. The third-order valence-electron chi connectivity index (χ3n) is 3.37. The Morgan fingerprint density at radius 2 is 1.92 bits per heavy atom. The van der Waals surface area contributed by atoms with E-state index in [0.29, 0.717) is 11.3 Å². The predicted octanol–water partition coefficient (Wildman–Crippen LogP) is 3.19. The number of amides is 1. The van der Waals surface area contributed by atoms with Crippen LogP contribution in [0.2, 0.25) is 5.02 Å². The van der Waals surface area contributed by atoms with Crippen molar-refractivity contribution in [3.63, 3.8) is 0 Å². The van der Waals surface area contributed by atoms with Crippen LogP contribution in [0.1, 0.15) is 12.5 Å². The first kappa shape index (κ1) is 19.3. The number of nitrogens with zero attached hydrogens (tertiary/aromatic N) is 2. The van der Waals surface area contributed by atoms with Gasteiger partial charge in [-0.25, -0.2) is 0 Å². The van der Waals surface area contributed by atoms with Gasteiger partial charge < -0.3 is 9.47 Å². The van der Waals surface area contributed by atoms with Crippen LogP contribution in [0.25, 0.3) is 0 Å². The van der Waals surface area contributed by atoms with E-state index in [0.717, 1.165) is 0 Å². The summed E-state index contributed by atoms with van der Waals surface area (Å²) in [6.07, 6.45) is 0. The van der Waals surface area contributed by atoms with Crippen molar-refractivity contribution in [2.75, 3.05) is 24.7 Å². The molecule has 0 aliphatic rings. The summed E-state index contributed by atoms with van der Waals surface area (Å²) >= 11 is 6.04. The number of nitriles is 1. The number of benzene rings is 2. The van der Waals surface area contributed by atoms with Gasteiger partial charge in [-0.1, -0.05) is 29.8 Å². The fourth-order valence-electron chi connectivity index (χ4n) is 2.17. The SMILES string of the molecule is CCOC(=O)CN(C(=O)COc1ccc(C#N)cc1Cl)c1ccccc1. The number of esters is 1. The summed E-state index contributed by atoms with van der Waals surface area (Å²) in [6.45, 7) is 1.39. The zero-order valence-corrected chi connectivity index (χ0v) is 14.9. The van der Waals surface area contributed by atoms with Gasteiger partial charge in [0.05, 0.1) is 23.3 Å². The number of hydrogen-bond acceptors (Lipinski definition) is 5. The van der Waals surface area contributed by atoms with Crippen molar-refractivity contribution >= 4 is 29.2 Å². The van der Waals surface area contributed by atoms with E-state index in [1.54, 1.807) is 37.3 Å². The molecule has 7 heteroatoms. The molecule has 0 atom stereocenters. The van der Waals surface area contributed by atoms with Crippen molar-refractivity contribution in [2.24, 2.45) is 0 Å². The van der Waals surface area contributed by atoms with Crippen LogP contribution in [0, 0.1) is 11.3 Å². The monoisotopic (exact) mass is 372 g/mol. The molecular weight excluding hydrogens is 356 g/mol. The Morgan fingerprint density at radius 1 is 1.19 bits per heavy atom. The number of rotatable bonds is 7. The summed E-state index contributed by atoms with van der Waals surface area (Å²) in [5.74, 6) is -0.658. The molecule has 2 aromatic carbocycles. The number of hydrogen-bond donors (Lipinski definition) is 0. The minimum atomic E-state index is -0.513. The van der Waals surface area contributed by atoms with Gasteiger partial charge in [-0.3, -0.25) is 14.5 Å². The maximum Gasteiger partial charge on any atom is 0.326 e.